The molecule has 0 atom stereocenters. The van der Waals surface area contributed by atoms with Crippen LogP contribution in [0.3, 0.4) is 0 Å². The van der Waals surface area contributed by atoms with Crippen LogP contribution in [0, 0.1) is 0 Å². The van der Waals surface area contributed by atoms with E-state index in [0.29, 0.717) is 26.1 Å². The summed E-state index contributed by atoms with van der Waals surface area (Å²) in [7, 11) is 4.08. The lowest BCUT2D eigenvalue weighted by Crippen LogP contribution is -2.32. The quantitative estimate of drug-likeness (QED) is 0.0399. The zero-order chi connectivity index (χ0) is 63.2. The lowest BCUT2D eigenvalue weighted by atomic mass is 9.96. The van der Waals surface area contributed by atoms with Crippen LogP contribution in [-0.4, -0.2) is 71.4 Å². The Kier molecular flexibility index (Phi) is 24.5. The molecule has 0 aliphatic carbocycles. The van der Waals surface area contributed by atoms with Gasteiger partial charge in [-0.15, -0.1) is 0 Å². The molecule has 12 nitrogen and oxygen atoms in total. The van der Waals surface area contributed by atoms with Crippen molar-refractivity contribution in [2.75, 3.05) is 26.8 Å². The number of hydrogen-bond acceptors (Lipinski definition) is 10. The molecule has 9 heterocycles. The Morgan fingerprint density at radius 3 is 1.41 bits per heavy atom. The number of pyridine rings is 2. The van der Waals surface area contributed by atoms with E-state index in [4.69, 9.17) is 29.4 Å². The van der Waals surface area contributed by atoms with Gasteiger partial charge in [0, 0.05) is 93.1 Å². The number of aryl methyl sites for hydroxylation is 2. The summed E-state index contributed by atoms with van der Waals surface area (Å²) in [6.07, 6.45) is 59.9. The predicted molar refractivity (Wildman–Crippen MR) is 368 cm³/mol. The molecule has 7 aliphatic rings. The van der Waals surface area contributed by atoms with Crippen molar-refractivity contribution in [2.45, 2.75) is 175 Å². The topological polar surface area (TPSA) is 116 Å². The van der Waals surface area contributed by atoms with Gasteiger partial charge in [-0.05, 0) is 171 Å². The number of carbonyl (C=O) groups excluding carboxylic acids is 2. The smallest absolute Gasteiger partial charge is 0.306 e. The summed E-state index contributed by atoms with van der Waals surface area (Å²) in [5, 5.41) is 0. The van der Waals surface area contributed by atoms with Crippen LogP contribution in [0.2, 0.25) is 0 Å². The van der Waals surface area contributed by atoms with Gasteiger partial charge in [-0.25, -0.2) is 29.1 Å². The molecule has 0 radical (unpaired) electrons. The van der Waals surface area contributed by atoms with Crippen molar-refractivity contribution >= 4 is 34.8 Å². The molecule has 2 aromatic rings. The minimum absolute atomic E-state index is 0.212. The second-order valence-corrected chi connectivity index (χ2v) is 24.8. The maximum absolute atomic E-state index is 13.4. The fourth-order valence-electron chi connectivity index (χ4n) is 12.4. The molecular formula is C78H96N8O4+2. The molecule has 0 fully saturated rings. The molecule has 8 bridgehead atoms. The fourth-order valence-corrected chi connectivity index (χ4v) is 12.4. The van der Waals surface area contributed by atoms with Gasteiger partial charge in [0.2, 0.25) is 0 Å². The number of ether oxygens (including phenoxy) is 2. The Morgan fingerprint density at radius 1 is 0.478 bits per heavy atom. The Balaban J connectivity index is 0.729. The summed E-state index contributed by atoms with van der Waals surface area (Å²) >= 11 is 0. The highest BCUT2D eigenvalue weighted by Crippen LogP contribution is 2.38. The molecule has 0 aromatic carbocycles. The maximum atomic E-state index is 13.4. The molecule has 0 saturated carbocycles. The minimum Gasteiger partial charge on any atom is -0.466 e. The summed E-state index contributed by atoms with van der Waals surface area (Å²) in [4.78, 5) is 52.0. The van der Waals surface area contributed by atoms with E-state index in [2.05, 4.69) is 158 Å². The largest absolute Gasteiger partial charge is 0.466 e. The van der Waals surface area contributed by atoms with Gasteiger partial charge in [0.15, 0.2) is 24.8 Å². The lowest BCUT2D eigenvalue weighted by Gasteiger charge is -2.20. The first-order valence-electron chi connectivity index (χ1n) is 33.4. The third-order valence-corrected chi connectivity index (χ3v) is 18.1. The molecule has 90 heavy (non-hydrogen) atoms. The number of rotatable bonds is 33. The molecule has 7 aliphatic heterocycles. The molecule has 0 saturated heterocycles. The number of carbonyl (C=O) groups is 2. The van der Waals surface area contributed by atoms with Crippen LogP contribution in [0.25, 0.3) is 11.1 Å². The number of esters is 2. The average Bonchev–Trinajstić information content (AvgIpc) is 1.76. The Hall–Kier alpha value is -8.38. The highest BCUT2D eigenvalue weighted by molar-refractivity contribution is 6.20. The Morgan fingerprint density at radius 2 is 0.889 bits per heavy atom. The van der Waals surface area contributed by atoms with Gasteiger partial charge in [-0.3, -0.25) is 9.59 Å². The Bertz CT molecular complexity index is 3540. The summed E-state index contributed by atoms with van der Waals surface area (Å²) in [6.45, 7) is 19.5. The average molecular weight is 1210 g/mol. The highest BCUT2D eigenvalue weighted by Gasteiger charge is 2.29. The zero-order valence-electron chi connectivity index (χ0n) is 54.7. The van der Waals surface area contributed by atoms with E-state index in [1.165, 1.54) is 99.3 Å². The first-order chi connectivity index (χ1) is 43.8. The molecular weight excluding hydrogens is 1110 g/mol. The molecule has 0 spiro atoms. The standard InChI is InChI=1S/C78H96N8O4/c1-9-65-57(3)69-53-70-59(5)67(29-31-77(87)89-51-27-23-19-15-11-13-17-21-25-41-85-47-37-63(38-48-85)61-33-43-83(7)44-34-61)75(81-70)56-76-68(60(6)72(82-76)55-74-66(10-2)58(4)71(80-74)54-73(65)79-69)30-32-78(88)90-52-28-24-20-16-12-14-18-22-26-42-86-49-39-64(40-50-86)62-35-45-84(8)46-36-62/h9-10,33-40,43-50,53-56H,1-2,11-32,41-42,51-52H2,3-8H3/q+2. The van der Waals surface area contributed by atoms with E-state index in [0.717, 1.165) is 142 Å². The second kappa shape index (κ2) is 33.4. The van der Waals surface area contributed by atoms with E-state index >= 15 is 0 Å². The van der Waals surface area contributed by atoms with Crippen molar-refractivity contribution in [3.8, 4) is 11.1 Å². The van der Waals surface area contributed by atoms with E-state index in [1.54, 1.807) is 0 Å². The second-order valence-electron chi connectivity index (χ2n) is 24.8. The van der Waals surface area contributed by atoms with Gasteiger partial charge in [-0.2, -0.15) is 0 Å². The number of nitrogens with zero attached hydrogens (tertiary/aromatic N) is 8. The summed E-state index contributed by atoms with van der Waals surface area (Å²) in [5.41, 5.74) is 18.8. The molecule has 0 unspecified atom stereocenters. The normalized spacial score (nSPS) is 16.9. The molecule has 9 rings (SSSR count). The fraction of sp³-hybridized carbons (Fsp3) is 0.410. The molecule has 470 valence electrons. The van der Waals surface area contributed by atoms with Crippen molar-refractivity contribution in [2.24, 2.45) is 27.0 Å². The Labute approximate surface area is 536 Å². The van der Waals surface area contributed by atoms with Crippen LogP contribution < -0.4 is 9.13 Å². The van der Waals surface area contributed by atoms with Crippen LogP contribution in [0.1, 0.15) is 169 Å². The van der Waals surface area contributed by atoms with Gasteiger partial charge in [0.05, 0.1) is 58.8 Å². The maximum Gasteiger partial charge on any atom is 0.306 e. The lowest BCUT2D eigenvalue weighted by molar-refractivity contribution is -0.697. The van der Waals surface area contributed by atoms with Gasteiger partial charge in [-0.1, -0.05) is 109 Å². The van der Waals surface area contributed by atoms with Crippen LogP contribution >= 0.6 is 0 Å². The minimum atomic E-state index is -0.213. The number of unbranched alkanes of at least 4 members (excludes halogenated alkanes) is 16. The first kappa shape index (κ1) is 66.0. The van der Waals surface area contributed by atoms with Gasteiger partial charge in [0.1, 0.15) is 13.6 Å². The number of hydrogen-bond donors (Lipinski definition) is 0. The van der Waals surface area contributed by atoms with Crippen LogP contribution in [-0.2, 0) is 32.7 Å². The molecule has 0 amide bonds. The van der Waals surface area contributed by atoms with E-state index in [9.17, 15) is 9.59 Å². The summed E-state index contributed by atoms with van der Waals surface area (Å²) in [5.74, 6) is -0.426. The molecule has 12 heteroatoms. The summed E-state index contributed by atoms with van der Waals surface area (Å²) in [6, 6.07) is 8.72. The monoisotopic (exact) mass is 1210 g/mol. The highest BCUT2D eigenvalue weighted by atomic mass is 16.5. The number of fused-ring (bicyclic) bond motifs is 4. The van der Waals surface area contributed by atoms with Crippen LogP contribution in [0.4, 0.5) is 0 Å². The van der Waals surface area contributed by atoms with Crippen LogP contribution in [0.5, 0.6) is 0 Å². The third-order valence-electron chi connectivity index (χ3n) is 18.1. The number of aromatic nitrogens is 2. The van der Waals surface area contributed by atoms with Crippen molar-refractivity contribution in [3.05, 3.63) is 226 Å². The third kappa shape index (κ3) is 18.4. The van der Waals surface area contributed by atoms with E-state index in [-0.39, 0.29) is 24.8 Å². The van der Waals surface area contributed by atoms with Crippen molar-refractivity contribution in [3.63, 3.8) is 0 Å². The van der Waals surface area contributed by atoms with Gasteiger partial charge >= 0.3 is 11.9 Å². The van der Waals surface area contributed by atoms with Gasteiger partial charge in [0.25, 0.3) is 0 Å². The van der Waals surface area contributed by atoms with E-state index in [1.807, 2.05) is 50.6 Å². The van der Waals surface area contributed by atoms with Crippen molar-refractivity contribution in [1.29, 1.82) is 0 Å². The summed E-state index contributed by atoms with van der Waals surface area (Å²) < 4.78 is 16.0. The van der Waals surface area contributed by atoms with Crippen molar-refractivity contribution < 1.29 is 28.2 Å². The van der Waals surface area contributed by atoms with Crippen LogP contribution in [0.15, 0.2) is 246 Å². The SMILES string of the molecule is C=CC1=C(C)C2=NC1=CC1=NC(=CC3=NC(=CC4=NC(=C2)C(C)=C4CCC(=O)OCCCCCCCCCCC[n+]2ccc(-c4cc[n+](C)cc4)cc2)C(CCC(=O)OCCCCCCCCCCCN2C=CC(=C4C=CN(C)C=C4)C=C2)=C3C)C(C=C)=C1C. The van der Waals surface area contributed by atoms with Crippen molar-refractivity contribution in [1.82, 2.24) is 9.80 Å². The van der Waals surface area contributed by atoms with Gasteiger partial charge < -0.3 is 19.3 Å². The zero-order valence-corrected chi connectivity index (χ0v) is 54.7. The molecule has 2 aromatic heterocycles. The number of allylic oxidation sites excluding steroid dienone is 18. The number of aliphatic imine (C=N–C) groups is 4. The molecule has 0 N–H and O–H groups in total. The first-order valence-corrected chi connectivity index (χ1v) is 33.4. The van der Waals surface area contributed by atoms with E-state index < -0.39 is 0 Å². The predicted octanol–water partition coefficient (Wildman–Crippen LogP) is 16.8.